The number of hydrogen-bond acceptors (Lipinski definition) is 4. The van der Waals surface area contributed by atoms with Crippen LogP contribution in [0.2, 0.25) is 0 Å². The monoisotopic (exact) mass is 595 g/mol. The molecule has 248 valence electrons. The molecule has 42 heavy (non-hydrogen) atoms. The van der Waals surface area contributed by atoms with E-state index in [4.69, 9.17) is 5.73 Å². The molecule has 2 unspecified atom stereocenters. The van der Waals surface area contributed by atoms with Gasteiger partial charge in [0.05, 0.1) is 6.04 Å². The Bertz CT molecular complexity index is 651. The molecule has 4 atom stereocenters. The quantitative estimate of drug-likeness (QED) is 0.0823. The zero-order valence-electron chi connectivity index (χ0n) is 28.6. The topological polar surface area (TPSA) is 105 Å². The van der Waals surface area contributed by atoms with Gasteiger partial charge in [-0.3, -0.25) is 14.4 Å². The molecule has 0 aromatic heterocycles. The summed E-state index contributed by atoms with van der Waals surface area (Å²) in [5.41, 5.74) is 6.04. The Morgan fingerprint density at radius 1 is 0.595 bits per heavy atom. The molecule has 0 aromatic rings. The fourth-order valence-electron chi connectivity index (χ4n) is 5.18. The maximum Gasteiger partial charge on any atom is 0.237 e. The summed E-state index contributed by atoms with van der Waals surface area (Å²) in [6.07, 6.45) is 20.6. The second-order valence-corrected chi connectivity index (χ2v) is 12.7. The molecular formula is C35H70N4O3. The van der Waals surface area contributed by atoms with Gasteiger partial charge in [0, 0.05) is 38.5 Å². The second-order valence-electron chi connectivity index (χ2n) is 12.7. The summed E-state index contributed by atoms with van der Waals surface area (Å²) in [5.74, 6) is 0.643. The SMILES string of the molecule is CCCCCCCCCCCCCCCC(=O)N(CCCNC(=O)[C@@H](C)C(C)CC)CCCNC(=O)[C@@H](N)C(C)CC. The number of nitrogens with zero attached hydrogens (tertiary/aromatic N) is 1. The largest absolute Gasteiger partial charge is 0.356 e. The van der Waals surface area contributed by atoms with Crippen molar-refractivity contribution >= 4 is 17.7 Å². The van der Waals surface area contributed by atoms with Crippen LogP contribution in [0.15, 0.2) is 0 Å². The average molecular weight is 595 g/mol. The minimum absolute atomic E-state index is 0.00584. The molecule has 7 nitrogen and oxygen atoms in total. The highest BCUT2D eigenvalue weighted by atomic mass is 16.2. The van der Waals surface area contributed by atoms with Crippen LogP contribution in [0.3, 0.4) is 0 Å². The first-order chi connectivity index (χ1) is 20.2. The molecule has 4 N–H and O–H groups in total. The Kier molecular flexibility index (Phi) is 25.9. The van der Waals surface area contributed by atoms with Gasteiger partial charge in [0.2, 0.25) is 17.7 Å². The van der Waals surface area contributed by atoms with Crippen LogP contribution in [0, 0.1) is 17.8 Å². The van der Waals surface area contributed by atoms with E-state index in [-0.39, 0.29) is 29.6 Å². The summed E-state index contributed by atoms with van der Waals surface area (Å²) in [5, 5.41) is 5.99. The molecule has 0 heterocycles. The van der Waals surface area contributed by atoms with Crippen LogP contribution in [0.5, 0.6) is 0 Å². The van der Waals surface area contributed by atoms with Crippen LogP contribution in [0.1, 0.15) is 157 Å². The maximum absolute atomic E-state index is 13.1. The predicted octanol–water partition coefficient (Wildman–Crippen LogP) is 7.36. The number of nitrogens with two attached hydrogens (primary N) is 1. The standard InChI is InChI=1S/C35H70N4O3/c1-7-10-11-12-13-14-15-16-17-18-19-20-21-24-32(40)39(27-22-25-37-34(41)31(6)29(4)8-2)28-23-26-38-35(42)33(36)30(5)9-3/h29-31,33H,7-28,36H2,1-6H3,(H,37,41)(H,38,42)/t29?,30?,31-,33-/m0/s1. The molecule has 0 aliphatic carbocycles. The molecule has 0 bridgehead atoms. The number of hydrogen-bond donors (Lipinski definition) is 3. The first-order valence-electron chi connectivity index (χ1n) is 17.8. The van der Waals surface area contributed by atoms with E-state index in [1.807, 2.05) is 25.7 Å². The summed E-state index contributed by atoms with van der Waals surface area (Å²) in [4.78, 5) is 39.8. The molecule has 0 aliphatic heterocycles. The lowest BCUT2D eigenvalue weighted by molar-refractivity contribution is -0.131. The molecule has 0 spiro atoms. The fourth-order valence-corrected chi connectivity index (χ4v) is 5.18. The first kappa shape index (κ1) is 40.4. The van der Waals surface area contributed by atoms with Crippen molar-refractivity contribution in [1.82, 2.24) is 15.5 Å². The highest BCUT2D eigenvalue weighted by Crippen LogP contribution is 2.15. The molecule has 0 aliphatic rings. The lowest BCUT2D eigenvalue weighted by Gasteiger charge is -2.24. The Balaban J connectivity index is 4.43. The summed E-state index contributed by atoms with van der Waals surface area (Å²) in [6, 6.07) is -0.496. The van der Waals surface area contributed by atoms with Gasteiger partial charge in [-0.15, -0.1) is 0 Å². The van der Waals surface area contributed by atoms with Crippen LogP contribution in [-0.4, -0.2) is 54.8 Å². The highest BCUT2D eigenvalue weighted by molar-refractivity contribution is 5.81. The van der Waals surface area contributed by atoms with Crippen molar-refractivity contribution in [2.75, 3.05) is 26.2 Å². The van der Waals surface area contributed by atoms with Crippen molar-refractivity contribution in [3.63, 3.8) is 0 Å². The number of nitrogens with one attached hydrogen (secondary N) is 2. The summed E-state index contributed by atoms with van der Waals surface area (Å²) in [7, 11) is 0. The zero-order chi connectivity index (χ0) is 31.6. The van der Waals surface area contributed by atoms with Crippen molar-refractivity contribution in [2.45, 2.75) is 163 Å². The van der Waals surface area contributed by atoms with E-state index in [1.165, 1.54) is 70.6 Å². The van der Waals surface area contributed by atoms with E-state index in [1.54, 1.807) is 0 Å². The fraction of sp³-hybridized carbons (Fsp3) is 0.914. The Morgan fingerprint density at radius 3 is 1.48 bits per heavy atom. The van der Waals surface area contributed by atoms with Crippen molar-refractivity contribution in [3.05, 3.63) is 0 Å². The van der Waals surface area contributed by atoms with Gasteiger partial charge in [0.25, 0.3) is 0 Å². The normalized spacial score (nSPS) is 14.2. The minimum atomic E-state index is -0.496. The molecule has 3 amide bonds. The number of unbranched alkanes of at least 4 members (excludes halogenated alkanes) is 12. The van der Waals surface area contributed by atoms with Crippen LogP contribution < -0.4 is 16.4 Å². The molecule has 0 fully saturated rings. The molecule has 0 saturated heterocycles. The molecule has 0 saturated carbocycles. The smallest absolute Gasteiger partial charge is 0.237 e. The third kappa shape index (κ3) is 20.3. The van der Waals surface area contributed by atoms with Gasteiger partial charge in [-0.2, -0.15) is 0 Å². The predicted molar refractivity (Wildman–Crippen MR) is 178 cm³/mol. The van der Waals surface area contributed by atoms with Crippen molar-refractivity contribution in [1.29, 1.82) is 0 Å². The highest BCUT2D eigenvalue weighted by Gasteiger charge is 2.20. The maximum atomic E-state index is 13.1. The van der Waals surface area contributed by atoms with Crippen LogP contribution in [0.25, 0.3) is 0 Å². The van der Waals surface area contributed by atoms with E-state index >= 15 is 0 Å². The average Bonchev–Trinajstić information content (AvgIpc) is 3.00. The van der Waals surface area contributed by atoms with E-state index in [9.17, 15) is 14.4 Å². The van der Waals surface area contributed by atoms with Gasteiger partial charge in [-0.05, 0) is 31.1 Å². The Morgan fingerprint density at radius 2 is 1.02 bits per heavy atom. The lowest BCUT2D eigenvalue weighted by Crippen LogP contribution is -2.45. The number of carbonyl (C=O) groups excluding carboxylic acids is 3. The molecule has 0 aromatic carbocycles. The van der Waals surface area contributed by atoms with Crippen molar-refractivity contribution in [2.24, 2.45) is 23.5 Å². The van der Waals surface area contributed by atoms with Gasteiger partial charge in [-0.25, -0.2) is 0 Å². The van der Waals surface area contributed by atoms with Gasteiger partial charge in [-0.1, -0.05) is 131 Å². The molecule has 0 rings (SSSR count). The number of carbonyl (C=O) groups is 3. The van der Waals surface area contributed by atoms with Crippen molar-refractivity contribution in [3.8, 4) is 0 Å². The zero-order valence-corrected chi connectivity index (χ0v) is 28.6. The summed E-state index contributed by atoms with van der Waals surface area (Å²) >= 11 is 0. The van der Waals surface area contributed by atoms with Gasteiger partial charge < -0.3 is 21.3 Å². The number of rotatable bonds is 28. The third-order valence-electron chi connectivity index (χ3n) is 9.13. The summed E-state index contributed by atoms with van der Waals surface area (Å²) < 4.78 is 0. The van der Waals surface area contributed by atoms with Crippen LogP contribution >= 0.6 is 0 Å². The van der Waals surface area contributed by atoms with Gasteiger partial charge >= 0.3 is 0 Å². The number of amides is 3. The van der Waals surface area contributed by atoms with Crippen LogP contribution in [-0.2, 0) is 14.4 Å². The van der Waals surface area contributed by atoms with E-state index < -0.39 is 6.04 Å². The molecule has 0 radical (unpaired) electrons. The minimum Gasteiger partial charge on any atom is -0.356 e. The molecule has 7 heteroatoms. The lowest BCUT2D eigenvalue weighted by atomic mass is 9.93. The Hall–Kier alpha value is -1.63. The third-order valence-corrected chi connectivity index (χ3v) is 9.13. The van der Waals surface area contributed by atoms with E-state index in [2.05, 4.69) is 31.4 Å². The van der Waals surface area contributed by atoms with E-state index in [0.29, 0.717) is 44.9 Å². The Labute approximate surface area is 260 Å². The van der Waals surface area contributed by atoms with Gasteiger partial charge in [0.1, 0.15) is 0 Å². The van der Waals surface area contributed by atoms with E-state index in [0.717, 1.165) is 32.1 Å². The second kappa shape index (κ2) is 27.0. The first-order valence-corrected chi connectivity index (χ1v) is 17.8. The van der Waals surface area contributed by atoms with Gasteiger partial charge in [0.15, 0.2) is 0 Å². The van der Waals surface area contributed by atoms with Crippen LogP contribution in [0.4, 0.5) is 0 Å². The molecular weight excluding hydrogens is 524 g/mol. The van der Waals surface area contributed by atoms with Crippen molar-refractivity contribution < 1.29 is 14.4 Å². The summed E-state index contributed by atoms with van der Waals surface area (Å²) in [6.45, 7) is 14.8.